The van der Waals surface area contributed by atoms with Crippen LogP contribution in [0.3, 0.4) is 0 Å². The van der Waals surface area contributed by atoms with Crippen molar-refractivity contribution in [2.24, 2.45) is 5.92 Å². The first kappa shape index (κ1) is 15.3. The summed E-state index contributed by atoms with van der Waals surface area (Å²) in [5.74, 6) is -0.297. The van der Waals surface area contributed by atoms with E-state index in [-0.39, 0.29) is 5.91 Å². The summed E-state index contributed by atoms with van der Waals surface area (Å²) in [5, 5.41) is 11.6. The van der Waals surface area contributed by atoms with Gasteiger partial charge in [0.15, 0.2) is 0 Å². The van der Waals surface area contributed by atoms with E-state index in [2.05, 4.69) is 5.32 Å². The Balaban J connectivity index is 2.07. The Morgan fingerprint density at radius 2 is 1.95 bits per heavy atom. The van der Waals surface area contributed by atoms with E-state index in [1.807, 2.05) is 25.1 Å². The molecule has 2 atom stereocenters. The Hall–Kier alpha value is -2.08. The van der Waals surface area contributed by atoms with Crippen LogP contribution in [0.4, 0.5) is 0 Å². The molecule has 2 aromatic rings. The third-order valence-corrected chi connectivity index (χ3v) is 4.41. The third-order valence-electron chi connectivity index (χ3n) is 3.31. The van der Waals surface area contributed by atoms with Crippen LogP contribution < -0.4 is 5.32 Å². The maximum atomic E-state index is 12.1. The van der Waals surface area contributed by atoms with Gasteiger partial charge in [-0.05, 0) is 45.0 Å². The zero-order valence-corrected chi connectivity index (χ0v) is 12.9. The van der Waals surface area contributed by atoms with E-state index in [1.54, 1.807) is 19.9 Å². The van der Waals surface area contributed by atoms with Gasteiger partial charge in [-0.25, -0.2) is 0 Å². The van der Waals surface area contributed by atoms with Gasteiger partial charge in [0, 0.05) is 6.04 Å². The van der Waals surface area contributed by atoms with Crippen LogP contribution in [-0.2, 0) is 4.79 Å². The van der Waals surface area contributed by atoms with Crippen LogP contribution >= 0.6 is 11.3 Å². The highest BCUT2D eigenvalue weighted by molar-refractivity contribution is 7.17. The molecule has 2 heterocycles. The first-order chi connectivity index (χ1) is 9.88. The lowest BCUT2D eigenvalue weighted by molar-refractivity contribution is -0.141. The minimum Gasteiger partial charge on any atom is -0.481 e. The smallest absolute Gasteiger partial charge is 0.308 e. The van der Waals surface area contributed by atoms with Crippen LogP contribution in [-0.4, -0.2) is 23.0 Å². The van der Waals surface area contributed by atoms with Crippen molar-refractivity contribution in [1.82, 2.24) is 5.32 Å². The van der Waals surface area contributed by atoms with E-state index in [1.165, 1.54) is 11.3 Å². The number of hydrogen-bond donors (Lipinski definition) is 2. The number of rotatable bonds is 5. The van der Waals surface area contributed by atoms with Gasteiger partial charge in [0.05, 0.1) is 15.7 Å². The molecule has 112 valence electrons. The molecule has 1 amide bonds. The summed E-state index contributed by atoms with van der Waals surface area (Å²) in [7, 11) is 0. The lowest BCUT2D eigenvalue weighted by Gasteiger charge is -2.17. The highest BCUT2D eigenvalue weighted by atomic mass is 32.1. The monoisotopic (exact) mass is 307 g/mol. The number of carbonyl (C=O) groups excluding carboxylic acids is 1. The Kier molecular flexibility index (Phi) is 4.47. The molecule has 0 saturated heterocycles. The van der Waals surface area contributed by atoms with Gasteiger partial charge in [0.2, 0.25) is 0 Å². The van der Waals surface area contributed by atoms with Gasteiger partial charge in [-0.1, -0.05) is 0 Å². The third kappa shape index (κ3) is 3.52. The molecule has 0 bridgehead atoms. The molecule has 2 N–H and O–H groups in total. The van der Waals surface area contributed by atoms with Gasteiger partial charge in [0.1, 0.15) is 11.5 Å². The lowest BCUT2D eigenvalue weighted by Crippen LogP contribution is -2.39. The SMILES string of the molecule is Cc1ccc(-c2ccc(C(=O)NC(C)C(C)C(=O)O)s2)o1. The number of carboxylic acids is 1. The van der Waals surface area contributed by atoms with E-state index in [0.29, 0.717) is 4.88 Å². The zero-order valence-electron chi connectivity index (χ0n) is 12.0. The molecule has 0 aliphatic heterocycles. The average molecular weight is 307 g/mol. The van der Waals surface area contributed by atoms with Crippen molar-refractivity contribution in [2.45, 2.75) is 26.8 Å². The van der Waals surface area contributed by atoms with Gasteiger partial charge >= 0.3 is 5.97 Å². The fourth-order valence-corrected chi connectivity index (χ4v) is 2.65. The molecule has 2 aromatic heterocycles. The summed E-state index contributed by atoms with van der Waals surface area (Å²) in [6.45, 7) is 5.11. The molecule has 5 nitrogen and oxygen atoms in total. The molecule has 0 aliphatic rings. The maximum absolute atomic E-state index is 12.1. The predicted octanol–water partition coefficient (Wildman–Crippen LogP) is 3.16. The van der Waals surface area contributed by atoms with E-state index < -0.39 is 17.9 Å². The normalized spacial score (nSPS) is 13.7. The summed E-state index contributed by atoms with van der Waals surface area (Å²) in [4.78, 5) is 24.4. The van der Waals surface area contributed by atoms with Crippen molar-refractivity contribution >= 4 is 23.2 Å². The van der Waals surface area contributed by atoms with Gasteiger partial charge in [-0.15, -0.1) is 11.3 Å². The van der Waals surface area contributed by atoms with Crippen molar-refractivity contribution in [3.8, 4) is 10.6 Å². The Labute approximate surface area is 126 Å². The molecule has 0 saturated carbocycles. The first-order valence-corrected chi connectivity index (χ1v) is 7.40. The largest absolute Gasteiger partial charge is 0.481 e. The van der Waals surface area contributed by atoms with E-state index in [4.69, 9.17) is 9.52 Å². The Morgan fingerprint density at radius 1 is 1.24 bits per heavy atom. The summed E-state index contributed by atoms with van der Waals surface area (Å²) >= 11 is 1.32. The van der Waals surface area contributed by atoms with Gasteiger partial charge in [-0.3, -0.25) is 9.59 Å². The second-order valence-electron chi connectivity index (χ2n) is 4.96. The number of thiophene rings is 1. The molecule has 6 heteroatoms. The molecular weight excluding hydrogens is 290 g/mol. The fraction of sp³-hybridized carbons (Fsp3) is 0.333. The predicted molar refractivity (Wildman–Crippen MR) is 80.5 cm³/mol. The van der Waals surface area contributed by atoms with Crippen LogP contribution in [0.15, 0.2) is 28.7 Å². The number of aryl methyl sites for hydroxylation is 1. The molecule has 0 aliphatic carbocycles. The highest BCUT2D eigenvalue weighted by Crippen LogP contribution is 2.29. The van der Waals surface area contributed by atoms with Crippen LogP contribution in [0.25, 0.3) is 10.6 Å². The molecule has 0 aromatic carbocycles. The maximum Gasteiger partial charge on any atom is 0.308 e. The second kappa shape index (κ2) is 6.13. The van der Waals surface area contributed by atoms with Crippen LogP contribution in [0.1, 0.15) is 29.3 Å². The molecule has 2 rings (SSSR count). The summed E-state index contributed by atoms with van der Waals surface area (Å²) in [6.07, 6.45) is 0. The first-order valence-electron chi connectivity index (χ1n) is 6.59. The summed E-state index contributed by atoms with van der Waals surface area (Å²) < 4.78 is 5.51. The average Bonchev–Trinajstić information content (AvgIpc) is 3.05. The van der Waals surface area contributed by atoms with Crippen LogP contribution in [0, 0.1) is 12.8 Å². The van der Waals surface area contributed by atoms with Gasteiger partial charge in [-0.2, -0.15) is 0 Å². The van der Waals surface area contributed by atoms with Crippen molar-refractivity contribution in [3.05, 3.63) is 34.9 Å². The molecule has 21 heavy (non-hydrogen) atoms. The van der Waals surface area contributed by atoms with E-state index >= 15 is 0 Å². The van der Waals surface area contributed by atoms with E-state index in [9.17, 15) is 9.59 Å². The van der Waals surface area contributed by atoms with Crippen LogP contribution in [0.5, 0.6) is 0 Å². The minimum absolute atomic E-state index is 0.268. The van der Waals surface area contributed by atoms with Crippen molar-refractivity contribution in [2.75, 3.05) is 0 Å². The molecule has 0 spiro atoms. The highest BCUT2D eigenvalue weighted by Gasteiger charge is 2.22. The number of hydrogen-bond acceptors (Lipinski definition) is 4. The second-order valence-corrected chi connectivity index (χ2v) is 6.05. The number of carbonyl (C=O) groups is 2. The molecule has 0 radical (unpaired) electrons. The number of carboxylic acid groups (broad SMARTS) is 1. The molecule has 2 unspecified atom stereocenters. The van der Waals surface area contributed by atoms with Crippen molar-refractivity contribution in [3.63, 3.8) is 0 Å². The topological polar surface area (TPSA) is 79.5 Å². The standard InChI is InChI=1S/C15H17NO4S/c1-8-4-5-11(20-8)12-6-7-13(21-12)14(17)16-10(3)9(2)15(18)19/h4-7,9-10H,1-3H3,(H,16,17)(H,18,19). The number of furan rings is 1. The molecule has 0 fully saturated rings. The number of nitrogens with one attached hydrogen (secondary N) is 1. The van der Waals surface area contributed by atoms with Crippen LogP contribution in [0.2, 0.25) is 0 Å². The van der Waals surface area contributed by atoms with Crippen molar-refractivity contribution < 1.29 is 19.1 Å². The molecular formula is C15H17NO4S. The number of amides is 1. The Bertz CT molecular complexity index is 658. The summed E-state index contributed by atoms with van der Waals surface area (Å²) in [5.41, 5.74) is 0. The zero-order chi connectivity index (χ0) is 15.6. The quantitative estimate of drug-likeness (QED) is 0.889. The minimum atomic E-state index is -0.930. The fourth-order valence-electron chi connectivity index (χ4n) is 1.78. The van der Waals surface area contributed by atoms with Gasteiger partial charge < -0.3 is 14.8 Å². The lowest BCUT2D eigenvalue weighted by atomic mass is 10.0. The summed E-state index contributed by atoms with van der Waals surface area (Å²) in [6, 6.07) is 6.82. The van der Waals surface area contributed by atoms with E-state index in [0.717, 1.165) is 16.4 Å². The number of aliphatic carboxylic acids is 1. The Morgan fingerprint density at radius 3 is 2.52 bits per heavy atom. The van der Waals surface area contributed by atoms with Gasteiger partial charge in [0.25, 0.3) is 5.91 Å². The van der Waals surface area contributed by atoms with Crippen molar-refractivity contribution in [1.29, 1.82) is 0 Å².